The average molecular weight is 250 g/mol. The first-order valence-electron chi connectivity index (χ1n) is 5.50. The number of hydrogen-bond acceptors (Lipinski definition) is 5. The predicted octanol–water partition coefficient (Wildman–Crippen LogP) is 0.355. The number of carbonyl (C=O) groups is 1. The molecule has 0 aromatic carbocycles. The van der Waals surface area contributed by atoms with Crippen molar-refractivity contribution >= 4 is 5.97 Å². The van der Waals surface area contributed by atoms with Crippen molar-refractivity contribution in [3.8, 4) is 11.4 Å². The lowest BCUT2D eigenvalue weighted by atomic mass is 10.0. The van der Waals surface area contributed by atoms with Gasteiger partial charge < -0.3 is 5.11 Å². The molecule has 2 heterocycles. The van der Waals surface area contributed by atoms with Gasteiger partial charge in [-0.15, -0.1) is 5.10 Å². The fourth-order valence-electron chi connectivity index (χ4n) is 1.61. The smallest absolute Gasteiger partial charge is 0.308 e. The predicted molar refractivity (Wildman–Crippen MR) is 61.5 cm³/mol. The largest absolute Gasteiger partial charge is 0.481 e. The quantitative estimate of drug-likeness (QED) is 0.840. The highest BCUT2D eigenvalue weighted by Gasteiger charge is 2.25. The van der Waals surface area contributed by atoms with E-state index in [0.29, 0.717) is 5.82 Å². The van der Waals surface area contributed by atoms with Crippen LogP contribution in [0.5, 0.6) is 0 Å². The van der Waals surface area contributed by atoms with Crippen LogP contribution in [-0.4, -0.2) is 41.1 Å². The Morgan fingerprint density at radius 3 is 2.72 bits per heavy atom. The summed E-state index contributed by atoms with van der Waals surface area (Å²) in [5.74, 6) is -0.942. The topological polar surface area (TPSA) is 98.7 Å². The van der Waals surface area contributed by atoms with Crippen molar-refractivity contribution in [2.24, 2.45) is 13.0 Å². The summed E-state index contributed by atoms with van der Waals surface area (Å²) >= 11 is 0. The third kappa shape index (κ3) is 2.08. The second-order valence-corrected chi connectivity index (χ2v) is 4.22. The maximum Gasteiger partial charge on any atom is 0.308 e. The van der Waals surface area contributed by atoms with Crippen LogP contribution in [-0.2, 0) is 11.8 Å². The molecule has 8 heteroatoms. The molecule has 0 amide bonds. The van der Waals surface area contributed by atoms with Crippen molar-refractivity contribution in [1.29, 1.82) is 0 Å². The SMILES string of the molecule is CC(C(=O)O)C(C)n1nnnc1-c1cnn(C)c1. The summed E-state index contributed by atoms with van der Waals surface area (Å²) in [6, 6.07) is -0.340. The zero-order valence-corrected chi connectivity index (χ0v) is 10.3. The number of carboxylic acid groups (broad SMARTS) is 1. The first-order valence-corrected chi connectivity index (χ1v) is 5.50. The Balaban J connectivity index is 2.36. The maximum absolute atomic E-state index is 11.0. The average Bonchev–Trinajstić information content (AvgIpc) is 2.94. The Kier molecular flexibility index (Phi) is 3.09. The number of carboxylic acids is 1. The molecular formula is C10H14N6O2. The van der Waals surface area contributed by atoms with E-state index in [1.54, 1.807) is 38.0 Å². The van der Waals surface area contributed by atoms with Gasteiger partial charge in [0.2, 0.25) is 0 Å². The zero-order chi connectivity index (χ0) is 13.3. The van der Waals surface area contributed by atoms with Crippen molar-refractivity contribution in [2.75, 3.05) is 0 Å². The zero-order valence-electron chi connectivity index (χ0n) is 10.3. The molecule has 18 heavy (non-hydrogen) atoms. The number of tetrazole rings is 1. The summed E-state index contributed by atoms with van der Waals surface area (Å²) in [6.07, 6.45) is 3.42. The molecule has 2 aromatic heterocycles. The normalized spacial score (nSPS) is 14.4. The number of hydrogen-bond donors (Lipinski definition) is 1. The summed E-state index contributed by atoms with van der Waals surface area (Å²) in [6.45, 7) is 3.40. The molecule has 2 rings (SSSR count). The molecule has 0 spiro atoms. The molecule has 0 saturated carbocycles. The number of nitrogens with zero attached hydrogens (tertiary/aromatic N) is 6. The molecule has 0 saturated heterocycles. The van der Waals surface area contributed by atoms with E-state index < -0.39 is 11.9 Å². The van der Waals surface area contributed by atoms with Crippen molar-refractivity contribution in [3.05, 3.63) is 12.4 Å². The third-order valence-corrected chi connectivity index (χ3v) is 2.95. The molecule has 0 aliphatic carbocycles. The van der Waals surface area contributed by atoms with Crippen LogP contribution < -0.4 is 0 Å². The summed E-state index contributed by atoms with van der Waals surface area (Å²) in [5.41, 5.74) is 0.756. The molecule has 1 N–H and O–H groups in total. The highest BCUT2D eigenvalue weighted by Crippen LogP contribution is 2.23. The van der Waals surface area contributed by atoms with Gasteiger partial charge in [-0.05, 0) is 24.3 Å². The second-order valence-electron chi connectivity index (χ2n) is 4.22. The summed E-state index contributed by atoms with van der Waals surface area (Å²) < 4.78 is 3.15. The van der Waals surface area contributed by atoms with Crippen LogP contribution in [0, 0.1) is 5.92 Å². The second kappa shape index (κ2) is 4.55. The van der Waals surface area contributed by atoms with Gasteiger partial charge in [0.25, 0.3) is 0 Å². The Labute approximate surface area is 103 Å². The van der Waals surface area contributed by atoms with Gasteiger partial charge in [0.15, 0.2) is 5.82 Å². The Morgan fingerprint density at radius 1 is 1.44 bits per heavy atom. The molecule has 96 valence electrons. The Hall–Kier alpha value is -2.25. The minimum Gasteiger partial charge on any atom is -0.481 e. The number of rotatable bonds is 4. The number of aryl methyl sites for hydroxylation is 1. The summed E-state index contributed by atoms with van der Waals surface area (Å²) in [4.78, 5) is 11.0. The van der Waals surface area contributed by atoms with Crippen LogP contribution in [0.2, 0.25) is 0 Å². The van der Waals surface area contributed by atoms with Gasteiger partial charge in [-0.1, -0.05) is 0 Å². The highest BCUT2D eigenvalue weighted by atomic mass is 16.4. The third-order valence-electron chi connectivity index (χ3n) is 2.95. The lowest BCUT2D eigenvalue weighted by molar-refractivity contribution is -0.142. The molecule has 2 unspecified atom stereocenters. The van der Waals surface area contributed by atoms with E-state index in [2.05, 4.69) is 20.6 Å². The minimum atomic E-state index is -0.880. The van der Waals surface area contributed by atoms with Crippen molar-refractivity contribution in [3.63, 3.8) is 0 Å². The molecule has 2 atom stereocenters. The van der Waals surface area contributed by atoms with Crippen molar-refractivity contribution in [2.45, 2.75) is 19.9 Å². The van der Waals surface area contributed by atoms with E-state index in [0.717, 1.165) is 5.56 Å². The first-order chi connectivity index (χ1) is 8.50. The van der Waals surface area contributed by atoms with E-state index in [4.69, 9.17) is 5.11 Å². The van der Waals surface area contributed by atoms with Gasteiger partial charge in [0.1, 0.15) is 0 Å². The Bertz CT molecular complexity index is 560. The molecule has 0 aliphatic rings. The van der Waals surface area contributed by atoms with Gasteiger partial charge in [-0.3, -0.25) is 9.48 Å². The monoisotopic (exact) mass is 250 g/mol. The molecular weight excluding hydrogens is 236 g/mol. The molecule has 2 aromatic rings. The fraction of sp³-hybridized carbons (Fsp3) is 0.500. The van der Waals surface area contributed by atoms with Gasteiger partial charge in [0, 0.05) is 13.2 Å². The van der Waals surface area contributed by atoms with Crippen LogP contribution in [0.4, 0.5) is 0 Å². The van der Waals surface area contributed by atoms with Crippen molar-refractivity contribution in [1.82, 2.24) is 30.0 Å². The van der Waals surface area contributed by atoms with Gasteiger partial charge >= 0.3 is 5.97 Å². The maximum atomic E-state index is 11.0. The van der Waals surface area contributed by atoms with Crippen LogP contribution in [0.25, 0.3) is 11.4 Å². The van der Waals surface area contributed by atoms with E-state index in [9.17, 15) is 4.79 Å². The standard InChI is InChI=1S/C10H14N6O2/c1-6(10(17)18)7(2)16-9(12-13-14-16)8-4-11-15(3)5-8/h4-7H,1-3H3,(H,17,18). The van der Waals surface area contributed by atoms with E-state index in [-0.39, 0.29) is 6.04 Å². The molecule has 0 aliphatic heterocycles. The van der Waals surface area contributed by atoms with E-state index in [1.165, 1.54) is 4.68 Å². The number of aromatic nitrogens is 6. The van der Waals surface area contributed by atoms with Gasteiger partial charge in [-0.25, -0.2) is 4.68 Å². The minimum absolute atomic E-state index is 0.340. The van der Waals surface area contributed by atoms with Crippen molar-refractivity contribution < 1.29 is 9.90 Å². The van der Waals surface area contributed by atoms with Crippen LogP contribution in [0.15, 0.2) is 12.4 Å². The Morgan fingerprint density at radius 2 is 2.17 bits per heavy atom. The molecule has 0 radical (unpaired) electrons. The van der Waals surface area contributed by atoms with Crippen LogP contribution >= 0.6 is 0 Å². The summed E-state index contributed by atoms with van der Waals surface area (Å²) in [5, 5.41) is 24.4. The van der Waals surface area contributed by atoms with Crippen LogP contribution in [0.1, 0.15) is 19.9 Å². The van der Waals surface area contributed by atoms with E-state index in [1.807, 2.05) is 0 Å². The molecule has 0 fully saturated rings. The molecule has 8 nitrogen and oxygen atoms in total. The fourth-order valence-corrected chi connectivity index (χ4v) is 1.61. The van der Waals surface area contributed by atoms with Gasteiger partial charge in [-0.2, -0.15) is 5.10 Å². The molecule has 0 bridgehead atoms. The lowest BCUT2D eigenvalue weighted by Gasteiger charge is -2.16. The lowest BCUT2D eigenvalue weighted by Crippen LogP contribution is -2.23. The first kappa shape index (κ1) is 12.2. The summed E-state index contributed by atoms with van der Waals surface area (Å²) in [7, 11) is 1.79. The van der Waals surface area contributed by atoms with Crippen LogP contribution in [0.3, 0.4) is 0 Å². The van der Waals surface area contributed by atoms with Gasteiger partial charge in [0.05, 0.1) is 23.7 Å². The van der Waals surface area contributed by atoms with E-state index >= 15 is 0 Å². The highest BCUT2D eigenvalue weighted by molar-refractivity contribution is 5.70. The number of aliphatic carboxylic acids is 1.